The van der Waals surface area contributed by atoms with Crippen LogP contribution in [0.15, 0.2) is 53.7 Å². The number of aromatic nitrogens is 1. The lowest BCUT2D eigenvalue weighted by molar-refractivity contribution is 0.718. The average Bonchev–Trinajstić information content (AvgIpc) is 2.69. The number of rotatable bonds is 10. The van der Waals surface area contributed by atoms with Crippen LogP contribution < -0.4 is 15.5 Å². The standard InChI is InChI=1S/C21H30ClN5.HI/c1-3-23-21(25-15-13-18-11-12-20(22)26-17-18)24-14-7-8-16-27(2)19-9-5-4-6-10-19;/h4-6,9-12,17H,3,7-8,13-16H2,1-2H3,(H2,23,24,25);1H. The van der Waals surface area contributed by atoms with Gasteiger partial charge in [-0.05, 0) is 49.9 Å². The van der Waals surface area contributed by atoms with E-state index in [0.717, 1.165) is 57.0 Å². The van der Waals surface area contributed by atoms with Gasteiger partial charge in [0.05, 0.1) is 0 Å². The molecule has 154 valence electrons. The highest BCUT2D eigenvalue weighted by atomic mass is 127. The van der Waals surface area contributed by atoms with Crippen molar-refractivity contribution in [3.05, 3.63) is 59.4 Å². The summed E-state index contributed by atoms with van der Waals surface area (Å²) in [5.74, 6) is 0.871. The lowest BCUT2D eigenvalue weighted by Crippen LogP contribution is -2.38. The van der Waals surface area contributed by atoms with Crippen LogP contribution in [0.2, 0.25) is 5.15 Å². The lowest BCUT2D eigenvalue weighted by atomic mass is 10.2. The number of hydrogen-bond acceptors (Lipinski definition) is 3. The van der Waals surface area contributed by atoms with Gasteiger partial charge in [0, 0.05) is 45.1 Å². The van der Waals surface area contributed by atoms with Gasteiger partial charge < -0.3 is 15.5 Å². The number of halogens is 2. The van der Waals surface area contributed by atoms with Gasteiger partial charge in [0.2, 0.25) is 0 Å². The van der Waals surface area contributed by atoms with Gasteiger partial charge >= 0.3 is 0 Å². The summed E-state index contributed by atoms with van der Waals surface area (Å²) in [6.45, 7) is 5.60. The van der Waals surface area contributed by atoms with Crippen LogP contribution in [0, 0.1) is 0 Å². The summed E-state index contributed by atoms with van der Waals surface area (Å²) >= 11 is 5.82. The number of benzene rings is 1. The number of unbranched alkanes of at least 4 members (excludes halogenated alkanes) is 1. The molecule has 7 heteroatoms. The minimum absolute atomic E-state index is 0. The Hall–Kier alpha value is -1.54. The fourth-order valence-electron chi connectivity index (χ4n) is 2.68. The second kappa shape index (κ2) is 14.5. The molecule has 0 aliphatic heterocycles. The second-order valence-electron chi connectivity index (χ2n) is 6.39. The summed E-state index contributed by atoms with van der Waals surface area (Å²) in [5.41, 5.74) is 2.42. The van der Waals surface area contributed by atoms with Gasteiger partial charge in [-0.25, -0.2) is 4.98 Å². The zero-order valence-corrected chi connectivity index (χ0v) is 19.8. The first kappa shape index (κ1) is 24.5. The average molecular weight is 516 g/mol. The van der Waals surface area contributed by atoms with Crippen molar-refractivity contribution in [2.24, 2.45) is 4.99 Å². The summed E-state index contributed by atoms with van der Waals surface area (Å²) in [4.78, 5) is 11.1. The maximum Gasteiger partial charge on any atom is 0.191 e. The monoisotopic (exact) mass is 515 g/mol. The number of hydrogen-bond donors (Lipinski definition) is 2. The van der Waals surface area contributed by atoms with Crippen LogP contribution in [-0.4, -0.2) is 44.2 Å². The lowest BCUT2D eigenvalue weighted by Gasteiger charge is -2.18. The molecule has 0 bridgehead atoms. The molecular weight excluding hydrogens is 485 g/mol. The van der Waals surface area contributed by atoms with Crippen LogP contribution in [0.4, 0.5) is 5.69 Å². The molecule has 5 nitrogen and oxygen atoms in total. The molecule has 2 N–H and O–H groups in total. The van der Waals surface area contributed by atoms with Crippen LogP contribution in [0.3, 0.4) is 0 Å². The van der Waals surface area contributed by atoms with Crippen molar-refractivity contribution < 1.29 is 0 Å². The largest absolute Gasteiger partial charge is 0.375 e. The number of anilines is 1. The van der Waals surface area contributed by atoms with Crippen LogP contribution in [-0.2, 0) is 6.42 Å². The highest BCUT2D eigenvalue weighted by Crippen LogP contribution is 2.11. The third kappa shape index (κ3) is 9.59. The molecule has 0 spiro atoms. The Kier molecular flexibility index (Phi) is 12.6. The smallest absolute Gasteiger partial charge is 0.191 e. The SMILES string of the molecule is CCNC(=NCCCCN(C)c1ccccc1)NCCc1ccc(Cl)nc1.I. The van der Waals surface area contributed by atoms with E-state index in [-0.39, 0.29) is 24.0 Å². The van der Waals surface area contributed by atoms with E-state index in [4.69, 9.17) is 11.6 Å². The van der Waals surface area contributed by atoms with Crippen molar-refractivity contribution in [2.75, 3.05) is 38.1 Å². The summed E-state index contributed by atoms with van der Waals surface area (Å²) < 4.78 is 0. The highest BCUT2D eigenvalue weighted by molar-refractivity contribution is 14.0. The molecule has 0 fully saturated rings. The fourth-order valence-corrected chi connectivity index (χ4v) is 2.80. The Labute approximate surface area is 191 Å². The van der Waals surface area contributed by atoms with Gasteiger partial charge in [-0.3, -0.25) is 4.99 Å². The van der Waals surface area contributed by atoms with E-state index in [9.17, 15) is 0 Å². The first-order chi connectivity index (χ1) is 13.2. The predicted octanol–water partition coefficient (Wildman–Crippen LogP) is 4.37. The molecule has 0 saturated heterocycles. The second-order valence-corrected chi connectivity index (χ2v) is 6.78. The van der Waals surface area contributed by atoms with E-state index < -0.39 is 0 Å². The Morgan fingerprint density at radius 1 is 1.11 bits per heavy atom. The minimum Gasteiger partial charge on any atom is -0.375 e. The number of nitrogens with one attached hydrogen (secondary N) is 2. The Morgan fingerprint density at radius 3 is 2.57 bits per heavy atom. The molecule has 0 atom stereocenters. The van der Waals surface area contributed by atoms with Crippen LogP contribution in [0.1, 0.15) is 25.3 Å². The van der Waals surface area contributed by atoms with Gasteiger partial charge in [0.25, 0.3) is 0 Å². The van der Waals surface area contributed by atoms with Crippen LogP contribution in [0.5, 0.6) is 0 Å². The van der Waals surface area contributed by atoms with Gasteiger partial charge in [0.15, 0.2) is 5.96 Å². The number of guanidine groups is 1. The normalized spacial score (nSPS) is 10.9. The van der Waals surface area contributed by atoms with Crippen molar-refractivity contribution in [2.45, 2.75) is 26.2 Å². The molecule has 0 aliphatic carbocycles. The van der Waals surface area contributed by atoms with Gasteiger partial charge in [0.1, 0.15) is 5.15 Å². The molecule has 0 amide bonds. The first-order valence-electron chi connectivity index (χ1n) is 9.58. The van der Waals surface area contributed by atoms with E-state index in [1.165, 1.54) is 5.69 Å². The van der Waals surface area contributed by atoms with E-state index >= 15 is 0 Å². The molecule has 0 radical (unpaired) electrons. The molecule has 2 rings (SSSR count). The van der Waals surface area contributed by atoms with E-state index in [0.29, 0.717) is 5.15 Å². The van der Waals surface area contributed by atoms with E-state index in [2.05, 4.69) is 63.7 Å². The summed E-state index contributed by atoms with van der Waals surface area (Å²) in [6, 6.07) is 14.3. The van der Waals surface area contributed by atoms with Crippen molar-refractivity contribution in [3.63, 3.8) is 0 Å². The third-order valence-electron chi connectivity index (χ3n) is 4.21. The minimum atomic E-state index is 0. The molecule has 1 aromatic heterocycles. The van der Waals surface area contributed by atoms with Gasteiger partial charge in [-0.2, -0.15) is 0 Å². The molecule has 1 heterocycles. The molecule has 0 aliphatic rings. The summed E-state index contributed by atoms with van der Waals surface area (Å²) in [6.07, 6.45) is 4.88. The third-order valence-corrected chi connectivity index (χ3v) is 4.43. The summed E-state index contributed by atoms with van der Waals surface area (Å²) in [7, 11) is 2.13. The molecule has 2 aromatic rings. The van der Waals surface area contributed by atoms with E-state index in [1.54, 1.807) is 0 Å². The first-order valence-corrected chi connectivity index (χ1v) is 9.95. The zero-order chi connectivity index (χ0) is 19.3. The van der Waals surface area contributed by atoms with Crippen LogP contribution >= 0.6 is 35.6 Å². The van der Waals surface area contributed by atoms with Crippen LogP contribution in [0.25, 0.3) is 0 Å². The summed E-state index contributed by atoms with van der Waals surface area (Å²) in [5, 5.41) is 7.20. The Morgan fingerprint density at radius 2 is 1.89 bits per heavy atom. The molecule has 0 saturated carbocycles. The zero-order valence-electron chi connectivity index (χ0n) is 16.7. The maximum atomic E-state index is 5.82. The topological polar surface area (TPSA) is 52.6 Å². The molecule has 1 aromatic carbocycles. The predicted molar refractivity (Wildman–Crippen MR) is 131 cm³/mol. The van der Waals surface area contributed by atoms with Crippen molar-refractivity contribution >= 4 is 47.2 Å². The number of para-hydroxylation sites is 1. The number of pyridine rings is 1. The molecule has 28 heavy (non-hydrogen) atoms. The number of aliphatic imine (C=N–C) groups is 1. The van der Waals surface area contributed by atoms with Crippen molar-refractivity contribution in [1.29, 1.82) is 0 Å². The van der Waals surface area contributed by atoms with Crippen molar-refractivity contribution in [3.8, 4) is 0 Å². The molecule has 0 unspecified atom stereocenters. The molecular formula is C21H31ClIN5. The Bertz CT molecular complexity index is 679. The Balaban J connectivity index is 0.00000392. The van der Waals surface area contributed by atoms with Gasteiger partial charge in [-0.15, -0.1) is 24.0 Å². The van der Waals surface area contributed by atoms with Crippen molar-refractivity contribution in [1.82, 2.24) is 15.6 Å². The maximum absolute atomic E-state index is 5.82. The van der Waals surface area contributed by atoms with Gasteiger partial charge in [-0.1, -0.05) is 35.9 Å². The highest BCUT2D eigenvalue weighted by Gasteiger charge is 2.01. The fraction of sp³-hybridized carbons (Fsp3) is 0.429. The number of nitrogens with zero attached hydrogens (tertiary/aromatic N) is 3. The quantitative estimate of drug-likeness (QED) is 0.162. The van der Waals surface area contributed by atoms with E-state index in [1.807, 2.05) is 24.4 Å².